The summed E-state index contributed by atoms with van der Waals surface area (Å²) >= 11 is 0. The molecule has 2 saturated heterocycles. The molecule has 0 radical (unpaired) electrons. The molecule has 0 aliphatic carbocycles. The maximum atomic E-state index is 14.1. The van der Waals surface area contributed by atoms with Crippen LogP contribution in [0.5, 0.6) is 0 Å². The van der Waals surface area contributed by atoms with Crippen molar-refractivity contribution < 1.29 is 76.2 Å². The quantitative estimate of drug-likeness (QED) is 0.202. The molecule has 0 aromatic carbocycles. The maximum Gasteiger partial charge on any atom is 0.303 e. The summed E-state index contributed by atoms with van der Waals surface area (Å²) in [6.07, 6.45) is -10.5. The second-order valence-electron chi connectivity index (χ2n) is 11.4. The monoisotopic (exact) mass is 724 g/mol. The summed E-state index contributed by atoms with van der Waals surface area (Å²) < 4.78 is 51.4. The predicted molar refractivity (Wildman–Crippen MR) is 161 cm³/mol. The fourth-order valence-electron chi connectivity index (χ4n) is 5.64. The van der Waals surface area contributed by atoms with Gasteiger partial charge in [-0.1, -0.05) is 0 Å². The molecular formula is C30H36N4O17. The highest BCUT2D eigenvalue weighted by Crippen LogP contribution is 2.37. The van der Waals surface area contributed by atoms with Gasteiger partial charge in [0.15, 0.2) is 54.1 Å². The minimum atomic E-state index is -1.63. The van der Waals surface area contributed by atoms with E-state index in [2.05, 4.69) is 9.97 Å². The summed E-state index contributed by atoms with van der Waals surface area (Å²) in [5, 5.41) is 0. The molecule has 2 aliphatic heterocycles. The molecule has 51 heavy (non-hydrogen) atoms. The largest absolute Gasteiger partial charge is 0.463 e. The third-order valence-electron chi connectivity index (χ3n) is 7.36. The van der Waals surface area contributed by atoms with E-state index >= 15 is 0 Å². The zero-order valence-corrected chi connectivity index (χ0v) is 28.5. The fourth-order valence-corrected chi connectivity index (χ4v) is 5.64. The summed E-state index contributed by atoms with van der Waals surface area (Å²) in [5.74, 6) is -5.54. The number of hydrogen-bond acceptors (Lipinski definition) is 19. The lowest BCUT2D eigenvalue weighted by Gasteiger charge is -2.44. The van der Waals surface area contributed by atoms with Crippen LogP contribution in [0.2, 0.25) is 0 Å². The zero-order chi connectivity index (χ0) is 37.7. The van der Waals surface area contributed by atoms with Crippen molar-refractivity contribution >= 4 is 52.9 Å². The number of esters is 7. The maximum absolute atomic E-state index is 14.1. The Bertz CT molecular complexity index is 1750. The van der Waals surface area contributed by atoms with Crippen LogP contribution in [0.1, 0.15) is 60.9 Å². The average Bonchev–Trinajstić information content (AvgIpc) is 3.58. The van der Waals surface area contributed by atoms with Gasteiger partial charge in [-0.2, -0.15) is 0 Å². The van der Waals surface area contributed by atoms with Gasteiger partial charge in [0.25, 0.3) is 5.56 Å². The van der Waals surface area contributed by atoms with E-state index in [4.69, 9.17) is 42.6 Å². The molecule has 0 unspecified atom stereocenters. The molecule has 2 aromatic rings. The predicted octanol–water partition coefficient (Wildman–Crippen LogP) is -0.827. The molecular weight excluding hydrogens is 688 g/mol. The van der Waals surface area contributed by atoms with Crippen LogP contribution >= 0.6 is 0 Å². The van der Waals surface area contributed by atoms with Gasteiger partial charge >= 0.3 is 41.8 Å². The van der Waals surface area contributed by atoms with Crippen molar-refractivity contribution in [1.82, 2.24) is 19.1 Å². The van der Waals surface area contributed by atoms with Crippen LogP contribution in [0.25, 0.3) is 11.2 Å². The minimum Gasteiger partial charge on any atom is -0.463 e. The first-order chi connectivity index (χ1) is 24.0. The average molecular weight is 725 g/mol. The number of rotatable bonds is 11. The van der Waals surface area contributed by atoms with Gasteiger partial charge in [0.2, 0.25) is 0 Å². The molecule has 0 bridgehead atoms. The zero-order valence-electron chi connectivity index (χ0n) is 28.5. The number of carbonyl (C=O) groups excluding carboxylic acids is 7. The molecule has 21 nitrogen and oxygen atoms in total. The molecule has 0 saturated carbocycles. The van der Waals surface area contributed by atoms with Gasteiger partial charge in [-0.3, -0.25) is 47.5 Å². The van der Waals surface area contributed by atoms with Crippen LogP contribution < -0.4 is 5.56 Å². The number of hydrogen-bond donors (Lipinski definition) is 0. The Morgan fingerprint density at radius 3 is 1.37 bits per heavy atom. The Hall–Kier alpha value is -5.44. The lowest BCUT2D eigenvalue weighted by molar-refractivity contribution is -0.269. The SMILES string of the molecule is CC(=O)OC[C@H]1O[C@@H](n2cnc3c(ncn3[C@@H]3O[C@H](COC(C)=O)[C@@H](OC(C)=O)[C@H]3OC(C)=O)c2=O)[C@H](OC(C)=O)[C@@H](OC(C)=O)[C@@H]1OC(C)=O. The third kappa shape index (κ3) is 9.03. The Kier molecular flexibility index (Phi) is 12.1. The number of carbonyl (C=O) groups is 7. The third-order valence-corrected chi connectivity index (χ3v) is 7.36. The summed E-state index contributed by atoms with van der Waals surface area (Å²) in [7, 11) is 0. The number of nitrogens with zero attached hydrogens (tertiary/aromatic N) is 4. The summed E-state index contributed by atoms with van der Waals surface area (Å²) in [4.78, 5) is 106. The summed E-state index contributed by atoms with van der Waals surface area (Å²) in [5.41, 5.74) is -1.34. The van der Waals surface area contributed by atoms with Crippen LogP contribution in [-0.4, -0.2) is 117 Å². The van der Waals surface area contributed by atoms with E-state index in [-0.39, 0.29) is 11.2 Å². The van der Waals surface area contributed by atoms with Crippen molar-refractivity contribution in [3.05, 3.63) is 23.0 Å². The molecule has 21 heteroatoms. The topological polar surface area (TPSA) is 255 Å². The molecule has 2 fully saturated rings. The van der Waals surface area contributed by atoms with Crippen molar-refractivity contribution in [1.29, 1.82) is 0 Å². The van der Waals surface area contributed by atoms with Crippen molar-refractivity contribution in [3.8, 4) is 0 Å². The van der Waals surface area contributed by atoms with Crippen LogP contribution in [-0.2, 0) is 76.2 Å². The van der Waals surface area contributed by atoms with E-state index in [9.17, 15) is 38.4 Å². The van der Waals surface area contributed by atoms with Crippen LogP contribution in [0.3, 0.4) is 0 Å². The van der Waals surface area contributed by atoms with E-state index in [1.54, 1.807) is 0 Å². The van der Waals surface area contributed by atoms with Gasteiger partial charge in [0.05, 0.1) is 6.33 Å². The minimum absolute atomic E-state index is 0.126. The van der Waals surface area contributed by atoms with Gasteiger partial charge in [-0.15, -0.1) is 0 Å². The van der Waals surface area contributed by atoms with Crippen LogP contribution in [0, 0.1) is 0 Å². The van der Waals surface area contributed by atoms with Crippen LogP contribution in [0.4, 0.5) is 0 Å². The first-order valence-electron chi connectivity index (χ1n) is 15.4. The van der Waals surface area contributed by atoms with Gasteiger partial charge in [0.1, 0.15) is 31.7 Å². The fraction of sp³-hybridized carbons (Fsp3) is 0.600. The van der Waals surface area contributed by atoms with E-state index in [1.165, 1.54) is 4.57 Å². The van der Waals surface area contributed by atoms with E-state index < -0.39 is 116 Å². The van der Waals surface area contributed by atoms with E-state index in [0.29, 0.717) is 0 Å². The van der Waals surface area contributed by atoms with E-state index in [1.807, 2.05) is 0 Å². The molecule has 0 spiro atoms. The van der Waals surface area contributed by atoms with Crippen molar-refractivity contribution in [2.45, 2.75) is 104 Å². The highest BCUT2D eigenvalue weighted by molar-refractivity contribution is 5.71. The van der Waals surface area contributed by atoms with Gasteiger partial charge in [0, 0.05) is 48.5 Å². The lowest BCUT2D eigenvalue weighted by atomic mass is 9.97. The Labute approximate surface area is 288 Å². The second-order valence-corrected chi connectivity index (χ2v) is 11.4. The standard InChI is InChI=1S/C30H36N4O17/c1-12(35)43-8-19-22(45-14(3)37)24(47-16(5)39)26(49-18(7)41)30(51-19)34-11-32-27-21(28(34)42)31-10-33(27)29-25(48-17(6)40)23(46-15(4)38)20(50-29)9-44-13(2)36/h10-11,19-20,22-26,29-30H,8-9H2,1-7H3/t19-,20-,22-,23-,24+,25-,26-,29-,30-/m1/s1. The summed E-state index contributed by atoms with van der Waals surface area (Å²) in [6, 6.07) is 0. The van der Waals surface area contributed by atoms with Gasteiger partial charge < -0.3 is 42.6 Å². The molecule has 0 amide bonds. The molecule has 2 aromatic heterocycles. The normalized spacial score (nSPS) is 27.2. The van der Waals surface area contributed by atoms with Crippen molar-refractivity contribution in [2.75, 3.05) is 13.2 Å². The Morgan fingerprint density at radius 1 is 0.549 bits per heavy atom. The second kappa shape index (κ2) is 16.1. The molecule has 4 heterocycles. The molecule has 2 aliphatic rings. The highest BCUT2D eigenvalue weighted by Gasteiger charge is 2.54. The molecule has 4 rings (SSSR count). The molecule has 9 atom stereocenters. The van der Waals surface area contributed by atoms with Gasteiger partial charge in [-0.25, -0.2) is 9.97 Å². The Balaban J connectivity index is 1.82. The van der Waals surface area contributed by atoms with Gasteiger partial charge in [-0.05, 0) is 0 Å². The van der Waals surface area contributed by atoms with Crippen molar-refractivity contribution in [3.63, 3.8) is 0 Å². The number of imidazole rings is 1. The summed E-state index contributed by atoms with van der Waals surface area (Å²) in [6.45, 7) is 6.71. The first kappa shape index (κ1) is 38.4. The molecule has 278 valence electrons. The smallest absolute Gasteiger partial charge is 0.303 e. The highest BCUT2D eigenvalue weighted by atomic mass is 16.7. The number of ether oxygens (including phenoxy) is 9. The van der Waals surface area contributed by atoms with Crippen molar-refractivity contribution in [2.24, 2.45) is 0 Å². The van der Waals surface area contributed by atoms with Crippen LogP contribution in [0.15, 0.2) is 17.4 Å². The van der Waals surface area contributed by atoms with E-state index in [0.717, 1.165) is 65.7 Å². The Morgan fingerprint density at radius 2 is 0.922 bits per heavy atom. The number of fused-ring (bicyclic) bond motifs is 1. The molecule has 0 N–H and O–H groups in total. The first-order valence-corrected chi connectivity index (χ1v) is 15.4. The lowest BCUT2D eigenvalue weighted by Crippen LogP contribution is -2.61. The number of aromatic nitrogens is 4.